The van der Waals surface area contributed by atoms with Crippen LogP contribution in [0.15, 0.2) is 55.4 Å². The second kappa shape index (κ2) is 6.41. The van der Waals surface area contributed by atoms with Crippen LogP contribution in [0.1, 0.15) is 38.1 Å². The molecule has 5 nitrogen and oxygen atoms in total. The van der Waals surface area contributed by atoms with Crippen molar-refractivity contribution in [2.24, 2.45) is 0 Å². The summed E-state index contributed by atoms with van der Waals surface area (Å²) in [6.45, 7) is 0. The van der Waals surface area contributed by atoms with Crippen LogP contribution in [0.4, 0.5) is 0 Å². The zero-order chi connectivity index (χ0) is 17.3. The van der Waals surface area contributed by atoms with Crippen LogP contribution in [0, 0.1) is 0 Å². The first-order chi connectivity index (χ1) is 12.9. The van der Waals surface area contributed by atoms with Crippen molar-refractivity contribution in [2.45, 2.75) is 38.1 Å². The van der Waals surface area contributed by atoms with Crippen molar-refractivity contribution in [3.05, 3.63) is 55.4 Å². The molecule has 0 radical (unpaired) electrons. The highest BCUT2D eigenvalue weighted by molar-refractivity contribution is 5.95. The van der Waals surface area contributed by atoms with E-state index in [0.717, 1.165) is 22.3 Å². The van der Waals surface area contributed by atoms with Crippen molar-refractivity contribution in [2.75, 3.05) is 0 Å². The number of nitrogens with zero attached hydrogens (tertiary/aromatic N) is 4. The van der Waals surface area contributed by atoms with Gasteiger partial charge in [-0.3, -0.25) is 4.98 Å². The second-order valence-corrected chi connectivity index (χ2v) is 6.98. The highest BCUT2D eigenvalue weighted by atomic mass is 15.1. The minimum atomic E-state index is 0.513. The van der Waals surface area contributed by atoms with Gasteiger partial charge >= 0.3 is 0 Å². The smallest absolute Gasteiger partial charge is 0.137 e. The van der Waals surface area contributed by atoms with Crippen LogP contribution in [-0.4, -0.2) is 24.5 Å². The van der Waals surface area contributed by atoms with E-state index >= 15 is 0 Å². The molecule has 1 aliphatic carbocycles. The average Bonchev–Trinajstić information content (AvgIpc) is 3.36. The molecule has 1 aliphatic rings. The maximum absolute atomic E-state index is 4.82. The fourth-order valence-electron chi connectivity index (χ4n) is 4.15. The van der Waals surface area contributed by atoms with E-state index < -0.39 is 0 Å². The van der Waals surface area contributed by atoms with Gasteiger partial charge in [0.2, 0.25) is 0 Å². The van der Waals surface area contributed by atoms with Gasteiger partial charge in [-0.15, -0.1) is 0 Å². The minimum absolute atomic E-state index is 0.513. The lowest BCUT2D eigenvalue weighted by Gasteiger charge is -2.25. The van der Waals surface area contributed by atoms with Gasteiger partial charge < -0.3 is 9.55 Å². The molecule has 0 aromatic carbocycles. The van der Waals surface area contributed by atoms with E-state index in [1.807, 2.05) is 31.0 Å². The molecule has 5 heteroatoms. The number of aromatic amines is 1. The van der Waals surface area contributed by atoms with Gasteiger partial charge in [-0.05, 0) is 37.1 Å². The first-order valence-corrected chi connectivity index (χ1v) is 9.31. The summed E-state index contributed by atoms with van der Waals surface area (Å²) in [6, 6.07) is 8.77. The summed E-state index contributed by atoms with van der Waals surface area (Å²) in [4.78, 5) is 16.8. The lowest BCUT2D eigenvalue weighted by molar-refractivity contribution is 0.355. The molecule has 0 bridgehead atoms. The Labute approximate surface area is 152 Å². The van der Waals surface area contributed by atoms with Crippen LogP contribution < -0.4 is 0 Å². The number of hydrogen-bond acceptors (Lipinski definition) is 3. The summed E-state index contributed by atoms with van der Waals surface area (Å²) in [5.41, 5.74) is 5.32. The Balaban J connectivity index is 1.75. The first kappa shape index (κ1) is 15.3. The van der Waals surface area contributed by atoms with Gasteiger partial charge in [0.25, 0.3) is 0 Å². The van der Waals surface area contributed by atoms with Crippen LogP contribution in [-0.2, 0) is 0 Å². The summed E-state index contributed by atoms with van der Waals surface area (Å²) < 4.78 is 2.39. The monoisotopic (exact) mass is 343 g/mol. The highest BCUT2D eigenvalue weighted by Crippen LogP contribution is 2.39. The Kier molecular flexibility index (Phi) is 3.77. The number of H-pyrrole nitrogens is 1. The number of fused-ring (bicyclic) bond motifs is 1. The second-order valence-electron chi connectivity index (χ2n) is 6.98. The first-order valence-electron chi connectivity index (χ1n) is 9.31. The van der Waals surface area contributed by atoms with Crippen molar-refractivity contribution >= 4 is 11.0 Å². The minimum Gasteiger partial charge on any atom is -0.346 e. The van der Waals surface area contributed by atoms with E-state index in [9.17, 15) is 0 Å². The Morgan fingerprint density at radius 1 is 1.00 bits per heavy atom. The molecule has 1 N–H and O–H groups in total. The maximum Gasteiger partial charge on any atom is 0.137 e. The van der Waals surface area contributed by atoms with Crippen LogP contribution in [0.2, 0.25) is 0 Å². The molecule has 0 unspecified atom stereocenters. The summed E-state index contributed by atoms with van der Waals surface area (Å²) in [7, 11) is 0. The summed E-state index contributed by atoms with van der Waals surface area (Å²) >= 11 is 0. The van der Waals surface area contributed by atoms with E-state index in [2.05, 4.69) is 37.7 Å². The Morgan fingerprint density at radius 3 is 2.77 bits per heavy atom. The predicted octanol–water partition coefficient (Wildman–Crippen LogP) is 4.99. The largest absolute Gasteiger partial charge is 0.346 e. The molecule has 1 saturated carbocycles. The molecular formula is C21H21N5. The van der Waals surface area contributed by atoms with Gasteiger partial charge in [0.15, 0.2) is 0 Å². The van der Waals surface area contributed by atoms with Crippen molar-refractivity contribution in [3.8, 4) is 22.5 Å². The summed E-state index contributed by atoms with van der Waals surface area (Å²) in [5, 5.41) is 1.13. The molecule has 0 saturated heterocycles. The SMILES string of the molecule is c1cncc(-c2ncn(C3CCCCC3)c2-c2ccnc3[nH]ccc23)c1. The van der Waals surface area contributed by atoms with Gasteiger partial charge in [0, 0.05) is 47.3 Å². The Bertz CT molecular complexity index is 1020. The summed E-state index contributed by atoms with van der Waals surface area (Å²) in [6.07, 6.45) is 15.9. The Hall–Kier alpha value is -2.95. The lowest BCUT2D eigenvalue weighted by Crippen LogP contribution is -2.13. The third-order valence-electron chi connectivity index (χ3n) is 5.41. The molecule has 4 heterocycles. The number of imidazole rings is 1. The number of pyridine rings is 2. The zero-order valence-electron chi connectivity index (χ0n) is 14.6. The van der Waals surface area contributed by atoms with E-state index in [-0.39, 0.29) is 0 Å². The fraction of sp³-hybridized carbons (Fsp3) is 0.286. The molecule has 0 atom stereocenters. The molecule has 0 aliphatic heterocycles. The van der Waals surface area contributed by atoms with E-state index in [1.165, 1.54) is 43.4 Å². The van der Waals surface area contributed by atoms with Crippen molar-refractivity contribution < 1.29 is 0 Å². The van der Waals surface area contributed by atoms with Gasteiger partial charge in [0.1, 0.15) is 5.65 Å². The zero-order valence-corrected chi connectivity index (χ0v) is 14.6. The molecule has 1 fully saturated rings. The van der Waals surface area contributed by atoms with Crippen LogP contribution in [0.5, 0.6) is 0 Å². The van der Waals surface area contributed by atoms with E-state index in [1.54, 1.807) is 6.20 Å². The van der Waals surface area contributed by atoms with Crippen molar-refractivity contribution in [1.82, 2.24) is 24.5 Å². The van der Waals surface area contributed by atoms with Gasteiger partial charge in [-0.25, -0.2) is 9.97 Å². The fourth-order valence-corrected chi connectivity index (χ4v) is 4.15. The summed E-state index contributed by atoms with van der Waals surface area (Å²) in [5.74, 6) is 0. The maximum atomic E-state index is 4.82. The van der Waals surface area contributed by atoms with E-state index in [0.29, 0.717) is 6.04 Å². The van der Waals surface area contributed by atoms with Gasteiger partial charge in [-0.2, -0.15) is 0 Å². The molecular weight excluding hydrogens is 322 g/mol. The standard InChI is InChI=1S/C21H21N5/c1-2-6-16(7-3-1)26-14-25-19(15-5-4-10-22-13-15)20(26)17-8-11-23-21-18(17)9-12-24-21/h4-5,8-14,16H,1-3,6-7H2,(H,23,24). The molecule has 0 amide bonds. The number of rotatable bonds is 3. The van der Waals surface area contributed by atoms with Gasteiger partial charge in [-0.1, -0.05) is 19.3 Å². The number of aromatic nitrogens is 5. The third-order valence-corrected chi connectivity index (χ3v) is 5.41. The predicted molar refractivity (Wildman–Crippen MR) is 103 cm³/mol. The lowest BCUT2D eigenvalue weighted by atomic mass is 9.94. The van der Waals surface area contributed by atoms with Crippen molar-refractivity contribution in [3.63, 3.8) is 0 Å². The normalized spacial score (nSPS) is 15.5. The number of nitrogens with one attached hydrogen (secondary N) is 1. The molecule has 4 aromatic rings. The molecule has 0 spiro atoms. The number of hydrogen-bond donors (Lipinski definition) is 1. The molecule has 4 aromatic heterocycles. The highest BCUT2D eigenvalue weighted by Gasteiger charge is 2.23. The Morgan fingerprint density at radius 2 is 1.92 bits per heavy atom. The van der Waals surface area contributed by atoms with Crippen LogP contribution in [0.3, 0.4) is 0 Å². The molecule has 130 valence electrons. The van der Waals surface area contributed by atoms with Crippen molar-refractivity contribution in [1.29, 1.82) is 0 Å². The third kappa shape index (κ3) is 2.51. The molecule has 5 rings (SSSR count). The quantitative estimate of drug-likeness (QED) is 0.570. The van der Waals surface area contributed by atoms with Crippen LogP contribution >= 0.6 is 0 Å². The van der Waals surface area contributed by atoms with Gasteiger partial charge in [0.05, 0.1) is 17.7 Å². The van der Waals surface area contributed by atoms with Crippen LogP contribution in [0.25, 0.3) is 33.5 Å². The molecule has 26 heavy (non-hydrogen) atoms. The topological polar surface area (TPSA) is 59.4 Å². The average molecular weight is 343 g/mol. The van der Waals surface area contributed by atoms with E-state index in [4.69, 9.17) is 4.98 Å².